The van der Waals surface area contributed by atoms with Crippen LogP contribution in [0.25, 0.3) is 0 Å². The second-order valence-electron chi connectivity index (χ2n) is 7.15. The molecule has 1 aromatic heterocycles. The number of aliphatic imine (C=N–C) groups is 1. The number of hydrogen-bond acceptors (Lipinski definition) is 4. The van der Waals surface area contributed by atoms with E-state index in [4.69, 9.17) is 16.3 Å². The third kappa shape index (κ3) is 8.37. The van der Waals surface area contributed by atoms with Crippen LogP contribution in [0.5, 0.6) is 5.75 Å². The van der Waals surface area contributed by atoms with Crippen molar-refractivity contribution in [2.24, 2.45) is 12.0 Å². The molecule has 0 radical (unpaired) electrons. The highest BCUT2D eigenvalue weighted by Crippen LogP contribution is 2.17. The summed E-state index contributed by atoms with van der Waals surface area (Å²) in [6, 6.07) is 15.7. The lowest BCUT2D eigenvalue weighted by Gasteiger charge is -2.14. The fourth-order valence-corrected chi connectivity index (χ4v) is 3.00. The Morgan fingerprint density at radius 1 is 1.19 bits per heavy atom. The summed E-state index contributed by atoms with van der Waals surface area (Å²) in [6.45, 7) is 5.14. The van der Waals surface area contributed by atoms with E-state index in [1.54, 1.807) is 6.33 Å². The van der Waals surface area contributed by atoms with Gasteiger partial charge in [-0.15, -0.1) is 34.2 Å². The summed E-state index contributed by atoms with van der Waals surface area (Å²) in [7, 11) is 1.90. The molecule has 166 valence electrons. The highest BCUT2D eigenvalue weighted by Gasteiger charge is 2.05. The van der Waals surface area contributed by atoms with Crippen LogP contribution >= 0.6 is 35.6 Å². The normalized spacial score (nSPS) is 11.2. The predicted molar refractivity (Wildman–Crippen MR) is 137 cm³/mol. The maximum atomic E-state index is 6.08. The first-order chi connectivity index (χ1) is 14.5. The van der Waals surface area contributed by atoms with Crippen molar-refractivity contribution in [3.63, 3.8) is 0 Å². The van der Waals surface area contributed by atoms with E-state index in [2.05, 4.69) is 31.9 Å². The minimum atomic E-state index is 0. The quantitative estimate of drug-likeness (QED) is 0.240. The van der Waals surface area contributed by atoms with E-state index in [0.29, 0.717) is 19.0 Å². The van der Waals surface area contributed by atoms with E-state index in [-0.39, 0.29) is 30.1 Å². The molecule has 7 nitrogen and oxygen atoms in total. The Bertz CT molecular complexity index is 974. The number of nitrogens with zero attached hydrogens (tertiary/aromatic N) is 4. The van der Waals surface area contributed by atoms with Crippen LogP contribution in [0.2, 0.25) is 5.02 Å². The zero-order valence-corrected chi connectivity index (χ0v) is 21.0. The average molecular weight is 555 g/mol. The average Bonchev–Trinajstić information content (AvgIpc) is 3.12. The third-order valence-electron chi connectivity index (χ3n) is 4.27. The number of anilines is 1. The van der Waals surface area contributed by atoms with Gasteiger partial charge in [-0.05, 0) is 62.2 Å². The van der Waals surface area contributed by atoms with Crippen LogP contribution in [0.3, 0.4) is 0 Å². The number of aromatic nitrogens is 3. The van der Waals surface area contributed by atoms with Crippen LogP contribution in [0.1, 0.15) is 25.2 Å². The van der Waals surface area contributed by atoms with Gasteiger partial charge < -0.3 is 19.9 Å². The third-order valence-corrected chi connectivity index (χ3v) is 4.50. The van der Waals surface area contributed by atoms with E-state index in [1.165, 1.54) is 0 Å². The van der Waals surface area contributed by atoms with Crippen molar-refractivity contribution < 1.29 is 4.74 Å². The van der Waals surface area contributed by atoms with Crippen molar-refractivity contribution in [2.45, 2.75) is 32.9 Å². The summed E-state index contributed by atoms with van der Waals surface area (Å²) in [5, 5.41) is 15.4. The Labute approximate surface area is 205 Å². The lowest BCUT2D eigenvalue weighted by Crippen LogP contribution is -2.32. The molecule has 0 fully saturated rings. The Kier molecular flexibility index (Phi) is 10.1. The van der Waals surface area contributed by atoms with Crippen LogP contribution < -0.4 is 15.4 Å². The van der Waals surface area contributed by atoms with Gasteiger partial charge in [0, 0.05) is 24.3 Å². The molecule has 0 aliphatic heterocycles. The van der Waals surface area contributed by atoms with Gasteiger partial charge >= 0.3 is 0 Å². The highest BCUT2D eigenvalue weighted by molar-refractivity contribution is 14.0. The summed E-state index contributed by atoms with van der Waals surface area (Å²) in [6.07, 6.45) is 2.63. The van der Waals surface area contributed by atoms with Crippen molar-refractivity contribution in [2.75, 3.05) is 11.9 Å². The SMILES string of the molecule is CC(C)Oc1ccc(NC(=NCc2nncn2C)NCCc2cccc(Cl)c2)cc1.I. The number of benzene rings is 2. The summed E-state index contributed by atoms with van der Waals surface area (Å²) < 4.78 is 7.56. The number of hydrogen-bond donors (Lipinski definition) is 2. The van der Waals surface area contributed by atoms with Crippen LogP contribution in [0, 0.1) is 0 Å². The molecular weight excluding hydrogens is 527 g/mol. The van der Waals surface area contributed by atoms with E-state index in [9.17, 15) is 0 Å². The molecule has 9 heteroatoms. The molecule has 0 amide bonds. The lowest BCUT2D eigenvalue weighted by atomic mass is 10.1. The number of nitrogens with one attached hydrogen (secondary N) is 2. The number of guanidine groups is 1. The first-order valence-corrected chi connectivity index (χ1v) is 10.3. The van der Waals surface area contributed by atoms with Crippen molar-refractivity contribution in [1.29, 1.82) is 0 Å². The Balaban J connectivity index is 0.00000341. The molecular formula is C22H28ClIN6O. The summed E-state index contributed by atoms with van der Waals surface area (Å²) in [5.41, 5.74) is 2.08. The molecule has 0 atom stereocenters. The van der Waals surface area contributed by atoms with E-state index in [0.717, 1.165) is 34.3 Å². The van der Waals surface area contributed by atoms with Gasteiger partial charge in [-0.2, -0.15) is 0 Å². The molecule has 0 aliphatic carbocycles. The smallest absolute Gasteiger partial charge is 0.196 e. The van der Waals surface area contributed by atoms with Crippen molar-refractivity contribution in [1.82, 2.24) is 20.1 Å². The maximum Gasteiger partial charge on any atom is 0.196 e. The van der Waals surface area contributed by atoms with Gasteiger partial charge in [-0.1, -0.05) is 23.7 Å². The largest absolute Gasteiger partial charge is 0.491 e. The second-order valence-corrected chi connectivity index (χ2v) is 7.58. The second kappa shape index (κ2) is 12.5. The van der Waals surface area contributed by atoms with Gasteiger partial charge in [0.1, 0.15) is 18.6 Å². The lowest BCUT2D eigenvalue weighted by molar-refractivity contribution is 0.242. The van der Waals surface area contributed by atoms with Gasteiger partial charge in [0.15, 0.2) is 11.8 Å². The molecule has 0 spiro atoms. The summed E-state index contributed by atoms with van der Waals surface area (Å²) in [4.78, 5) is 4.66. The number of ether oxygens (including phenoxy) is 1. The monoisotopic (exact) mass is 554 g/mol. The van der Waals surface area contributed by atoms with Gasteiger partial charge in [0.2, 0.25) is 0 Å². The first-order valence-electron chi connectivity index (χ1n) is 9.89. The molecule has 3 rings (SSSR count). The molecule has 3 aromatic rings. The van der Waals surface area contributed by atoms with Crippen LogP contribution in [0.4, 0.5) is 5.69 Å². The number of aryl methyl sites for hydroxylation is 1. The minimum Gasteiger partial charge on any atom is -0.491 e. The van der Waals surface area contributed by atoms with Crippen LogP contribution in [-0.2, 0) is 20.0 Å². The zero-order chi connectivity index (χ0) is 21.3. The Hall–Kier alpha value is -2.33. The van der Waals surface area contributed by atoms with Crippen molar-refractivity contribution in [3.05, 3.63) is 71.3 Å². The Morgan fingerprint density at radius 3 is 2.61 bits per heavy atom. The molecule has 0 saturated carbocycles. The van der Waals surface area contributed by atoms with Gasteiger partial charge in [0.25, 0.3) is 0 Å². The number of rotatable bonds is 8. The van der Waals surface area contributed by atoms with Gasteiger partial charge in [-0.25, -0.2) is 4.99 Å². The van der Waals surface area contributed by atoms with Crippen molar-refractivity contribution >= 4 is 47.2 Å². The van der Waals surface area contributed by atoms with E-state index >= 15 is 0 Å². The fraction of sp³-hybridized carbons (Fsp3) is 0.318. The Morgan fingerprint density at radius 2 is 1.97 bits per heavy atom. The standard InChI is InChI=1S/C22H27ClN6O.HI/c1-16(2)30-20-9-7-19(8-10-20)27-22(25-14-21-28-26-15-29(21)3)24-12-11-17-5-4-6-18(23)13-17;/h4-10,13,15-16H,11-12,14H2,1-3H3,(H2,24,25,27);1H. The maximum absolute atomic E-state index is 6.08. The predicted octanol–water partition coefficient (Wildman–Crippen LogP) is 4.67. The molecule has 0 unspecified atom stereocenters. The fourth-order valence-electron chi connectivity index (χ4n) is 2.78. The van der Waals surface area contributed by atoms with E-state index in [1.807, 2.05) is 67.9 Å². The van der Waals surface area contributed by atoms with Crippen LogP contribution in [-0.4, -0.2) is 33.4 Å². The van der Waals surface area contributed by atoms with Gasteiger partial charge in [0.05, 0.1) is 6.10 Å². The summed E-state index contributed by atoms with van der Waals surface area (Å²) in [5.74, 6) is 2.28. The summed E-state index contributed by atoms with van der Waals surface area (Å²) >= 11 is 6.08. The number of halogens is 2. The molecule has 0 bridgehead atoms. The van der Waals surface area contributed by atoms with Crippen molar-refractivity contribution in [3.8, 4) is 5.75 Å². The molecule has 1 heterocycles. The molecule has 2 aromatic carbocycles. The molecule has 2 N–H and O–H groups in total. The first kappa shape index (κ1) is 24.9. The molecule has 0 aliphatic rings. The molecule has 0 saturated heterocycles. The zero-order valence-electron chi connectivity index (χ0n) is 17.9. The highest BCUT2D eigenvalue weighted by atomic mass is 127. The van der Waals surface area contributed by atoms with Gasteiger partial charge in [-0.3, -0.25) is 0 Å². The van der Waals surface area contributed by atoms with Crippen LogP contribution in [0.15, 0.2) is 59.9 Å². The van der Waals surface area contributed by atoms with E-state index < -0.39 is 0 Å². The molecule has 31 heavy (non-hydrogen) atoms. The topological polar surface area (TPSA) is 76.4 Å². The minimum absolute atomic E-state index is 0.